The molecule has 188 valence electrons. The second-order valence-electron chi connectivity index (χ2n) is 8.30. The summed E-state index contributed by atoms with van der Waals surface area (Å²) < 4.78 is 27.0. The molecule has 9 N–H and O–H groups in total. The number of aliphatic hydroxyl groups is 9. The van der Waals surface area contributed by atoms with Crippen LogP contribution in [0.25, 0.3) is 0 Å². The molecule has 3 heterocycles. The van der Waals surface area contributed by atoms with Gasteiger partial charge in [-0.1, -0.05) is 0 Å². The molecule has 32 heavy (non-hydrogen) atoms. The minimum Gasteiger partial charge on any atom is -0.394 e. The van der Waals surface area contributed by atoms with Crippen LogP contribution in [0.5, 0.6) is 0 Å². The molecule has 0 aromatic heterocycles. The fraction of sp³-hybridized carbons (Fsp3) is 1.00. The quantitative estimate of drug-likeness (QED) is 0.182. The summed E-state index contributed by atoms with van der Waals surface area (Å²) in [5.74, 6) is 0. The van der Waals surface area contributed by atoms with E-state index in [1.165, 1.54) is 13.8 Å². The zero-order valence-corrected chi connectivity index (χ0v) is 17.4. The molecule has 3 rings (SSSR count). The number of rotatable bonds is 5. The second kappa shape index (κ2) is 10.4. The molecule has 0 bridgehead atoms. The highest BCUT2D eigenvalue weighted by Gasteiger charge is 2.53. The smallest absolute Gasteiger partial charge is 0.187 e. The van der Waals surface area contributed by atoms with Crippen LogP contribution in [0.4, 0.5) is 0 Å². The normalized spacial score (nSPS) is 55.0. The fourth-order valence-corrected chi connectivity index (χ4v) is 3.92. The van der Waals surface area contributed by atoms with E-state index in [2.05, 4.69) is 0 Å². The lowest BCUT2D eigenvalue weighted by Gasteiger charge is -2.48. The van der Waals surface area contributed by atoms with Gasteiger partial charge in [-0.25, -0.2) is 0 Å². The van der Waals surface area contributed by atoms with Crippen LogP contribution in [0, 0.1) is 0 Å². The predicted molar refractivity (Wildman–Crippen MR) is 98.4 cm³/mol. The van der Waals surface area contributed by atoms with Crippen molar-refractivity contribution in [3.63, 3.8) is 0 Å². The molecule has 14 nitrogen and oxygen atoms in total. The average Bonchev–Trinajstić information content (AvgIpc) is 2.76. The Hall–Kier alpha value is -0.560. The molecule has 0 spiro atoms. The topological polar surface area (TPSA) is 228 Å². The van der Waals surface area contributed by atoms with Crippen LogP contribution >= 0.6 is 0 Å². The van der Waals surface area contributed by atoms with E-state index < -0.39 is 98.7 Å². The molecule has 0 aromatic carbocycles. The molecule has 3 aliphatic rings. The van der Waals surface area contributed by atoms with Crippen LogP contribution in [-0.4, -0.2) is 145 Å². The van der Waals surface area contributed by atoms with Crippen LogP contribution in [0.15, 0.2) is 0 Å². The first kappa shape index (κ1) is 26.1. The van der Waals surface area contributed by atoms with Crippen molar-refractivity contribution in [1.82, 2.24) is 0 Å². The molecule has 1 unspecified atom stereocenters. The van der Waals surface area contributed by atoms with Crippen molar-refractivity contribution < 1.29 is 69.6 Å². The Balaban J connectivity index is 1.81. The highest BCUT2D eigenvalue weighted by molar-refractivity contribution is 4.95. The van der Waals surface area contributed by atoms with Crippen molar-refractivity contribution in [2.75, 3.05) is 6.61 Å². The van der Waals surface area contributed by atoms with E-state index in [0.717, 1.165) is 0 Å². The Morgan fingerprint density at radius 2 is 1.00 bits per heavy atom. The third-order valence-electron chi connectivity index (χ3n) is 6.02. The minimum absolute atomic E-state index is 0.721. The van der Waals surface area contributed by atoms with Crippen molar-refractivity contribution in [1.29, 1.82) is 0 Å². The summed E-state index contributed by atoms with van der Waals surface area (Å²) in [4.78, 5) is 0. The number of aliphatic hydroxyl groups excluding tert-OH is 9. The molecule has 0 aromatic rings. The Morgan fingerprint density at radius 1 is 0.562 bits per heavy atom. The first-order chi connectivity index (χ1) is 15.0. The molecule has 0 aliphatic carbocycles. The summed E-state index contributed by atoms with van der Waals surface area (Å²) in [6.45, 7) is 2.10. The Morgan fingerprint density at radius 3 is 1.44 bits per heavy atom. The van der Waals surface area contributed by atoms with E-state index >= 15 is 0 Å². The summed E-state index contributed by atoms with van der Waals surface area (Å²) >= 11 is 0. The van der Waals surface area contributed by atoms with Gasteiger partial charge in [-0.3, -0.25) is 0 Å². The van der Waals surface area contributed by atoms with Crippen LogP contribution in [0.1, 0.15) is 13.8 Å². The molecule has 15 atom stereocenters. The van der Waals surface area contributed by atoms with Crippen molar-refractivity contribution in [3.8, 4) is 0 Å². The maximum absolute atomic E-state index is 10.6. The highest BCUT2D eigenvalue weighted by Crippen LogP contribution is 2.32. The van der Waals surface area contributed by atoms with Crippen LogP contribution in [0.3, 0.4) is 0 Å². The monoisotopic (exact) mass is 472 g/mol. The third kappa shape index (κ3) is 4.94. The van der Waals surface area contributed by atoms with E-state index in [0.29, 0.717) is 0 Å². The molecule has 0 radical (unpaired) electrons. The Labute approximate surface area is 183 Å². The molecule has 3 fully saturated rings. The van der Waals surface area contributed by atoms with Gasteiger partial charge in [0.05, 0.1) is 18.8 Å². The third-order valence-corrected chi connectivity index (χ3v) is 6.02. The number of hydrogen-bond donors (Lipinski definition) is 9. The van der Waals surface area contributed by atoms with Gasteiger partial charge >= 0.3 is 0 Å². The average molecular weight is 472 g/mol. The molecular formula is C18H32O14. The van der Waals surface area contributed by atoms with Gasteiger partial charge in [0.2, 0.25) is 0 Å². The lowest BCUT2D eigenvalue weighted by Crippen LogP contribution is -2.66. The number of hydrogen-bond acceptors (Lipinski definition) is 14. The van der Waals surface area contributed by atoms with E-state index in [1.807, 2.05) is 0 Å². The summed E-state index contributed by atoms with van der Waals surface area (Å²) in [7, 11) is 0. The molecule has 0 saturated carbocycles. The molecular weight excluding hydrogens is 440 g/mol. The van der Waals surface area contributed by atoms with Crippen LogP contribution < -0.4 is 0 Å². The maximum atomic E-state index is 10.6. The minimum atomic E-state index is -1.83. The summed E-state index contributed by atoms with van der Waals surface area (Å²) in [6.07, 6.45) is -22.6. The van der Waals surface area contributed by atoms with Gasteiger partial charge in [-0.15, -0.1) is 0 Å². The maximum Gasteiger partial charge on any atom is 0.187 e. The van der Waals surface area contributed by atoms with E-state index in [4.69, 9.17) is 23.7 Å². The van der Waals surface area contributed by atoms with E-state index in [1.54, 1.807) is 0 Å². The van der Waals surface area contributed by atoms with Crippen molar-refractivity contribution in [2.24, 2.45) is 0 Å². The van der Waals surface area contributed by atoms with Gasteiger partial charge < -0.3 is 69.6 Å². The Bertz CT molecular complexity index is 610. The van der Waals surface area contributed by atoms with Gasteiger partial charge in [0, 0.05) is 0 Å². The SMILES string of the molecule is C[C@@H]1O[C@@H](O[C@H]2[C@@H](O)[C@@H](CO)OC(O)[C@@H]2O[C@@H]2O[C@@H](C)[C@@H](O)[C@@H](O)[C@@H]2O)[C@@H](O)[C@H](O)[C@@H]1O. The van der Waals surface area contributed by atoms with Crippen LogP contribution in [-0.2, 0) is 23.7 Å². The summed E-state index contributed by atoms with van der Waals surface area (Å²) in [5, 5.41) is 90.6. The van der Waals surface area contributed by atoms with Crippen LogP contribution in [0.2, 0.25) is 0 Å². The zero-order chi connectivity index (χ0) is 23.9. The van der Waals surface area contributed by atoms with E-state index in [-0.39, 0.29) is 0 Å². The standard InChI is InChI=1S/C18H32O14/c1-4-7(20)10(23)12(25)17(28-4)31-14-9(22)6(3-19)30-16(27)15(14)32-18-13(26)11(24)8(21)5(2)29-18/h4-27H,3H2,1-2H3/t4-,5-,6+,7+,8+,9-,10+,11+,12-,13-,14-,15+,16?,17-,18-/m0/s1. The number of ether oxygens (including phenoxy) is 5. The summed E-state index contributed by atoms with van der Waals surface area (Å²) in [5.41, 5.74) is 0. The van der Waals surface area contributed by atoms with Gasteiger partial charge in [0.15, 0.2) is 18.9 Å². The first-order valence-electron chi connectivity index (χ1n) is 10.3. The van der Waals surface area contributed by atoms with Crippen molar-refractivity contribution >= 4 is 0 Å². The van der Waals surface area contributed by atoms with E-state index in [9.17, 15) is 46.0 Å². The molecule has 14 heteroatoms. The fourth-order valence-electron chi connectivity index (χ4n) is 3.92. The largest absolute Gasteiger partial charge is 0.394 e. The predicted octanol–water partition coefficient (Wildman–Crippen LogP) is -5.52. The first-order valence-corrected chi connectivity index (χ1v) is 10.3. The lowest BCUT2D eigenvalue weighted by atomic mass is 9.96. The summed E-state index contributed by atoms with van der Waals surface area (Å²) in [6, 6.07) is 0. The van der Waals surface area contributed by atoms with Gasteiger partial charge in [0.25, 0.3) is 0 Å². The lowest BCUT2D eigenvalue weighted by molar-refractivity contribution is -0.385. The molecule has 0 amide bonds. The van der Waals surface area contributed by atoms with Gasteiger partial charge in [-0.2, -0.15) is 0 Å². The van der Waals surface area contributed by atoms with Crippen molar-refractivity contribution in [2.45, 2.75) is 106 Å². The molecule has 3 saturated heterocycles. The second-order valence-corrected chi connectivity index (χ2v) is 8.30. The molecule has 3 aliphatic heterocycles. The highest BCUT2D eigenvalue weighted by atomic mass is 16.8. The van der Waals surface area contributed by atoms with Gasteiger partial charge in [0.1, 0.15) is 61.0 Å². The van der Waals surface area contributed by atoms with Gasteiger partial charge in [-0.05, 0) is 13.8 Å². The zero-order valence-electron chi connectivity index (χ0n) is 17.4. The Kier molecular flexibility index (Phi) is 8.44. The van der Waals surface area contributed by atoms with Crippen molar-refractivity contribution in [3.05, 3.63) is 0 Å².